The van der Waals surface area contributed by atoms with Crippen molar-refractivity contribution in [1.82, 2.24) is 14.8 Å². The summed E-state index contributed by atoms with van der Waals surface area (Å²) in [5.74, 6) is -0.954. The number of nitrogens with one attached hydrogen (secondary N) is 1. The van der Waals surface area contributed by atoms with E-state index in [1.54, 1.807) is 19.2 Å². The summed E-state index contributed by atoms with van der Waals surface area (Å²) in [6.45, 7) is 1.85. The number of methoxy groups -OCH3 is 1. The van der Waals surface area contributed by atoms with E-state index >= 15 is 0 Å². The van der Waals surface area contributed by atoms with Gasteiger partial charge in [0.05, 0.1) is 11.1 Å². The molecule has 2 heterocycles. The molecule has 0 radical (unpaired) electrons. The number of carbonyl (C=O) groups excluding carboxylic acids is 3. The van der Waals surface area contributed by atoms with Crippen LogP contribution in [-0.2, 0) is 11.3 Å². The number of hydrogen-bond donors (Lipinski definition) is 1. The van der Waals surface area contributed by atoms with Crippen molar-refractivity contribution in [2.75, 3.05) is 26.8 Å². The fraction of sp³-hybridized carbons (Fsp3) is 0.261. The standard InChI is InChI=1S/C23H23N3O4/c1-30-14-4-11-26-22(28)18-8-7-17(15-19(18)23(26)29)21(27)24-10-13-25-12-9-16-5-2-3-6-20(16)25/h2-3,5-9,12,15H,4,10-11,13-14H2,1H3,(H,24,27). The molecular formula is C23H23N3O4. The van der Waals surface area contributed by atoms with Gasteiger partial charge in [-0.1, -0.05) is 18.2 Å². The topological polar surface area (TPSA) is 80.6 Å². The molecule has 0 spiro atoms. The predicted octanol–water partition coefficient (Wildman–Crippen LogP) is 2.70. The van der Waals surface area contributed by atoms with Crippen LogP contribution >= 0.6 is 0 Å². The molecule has 0 saturated carbocycles. The number of fused-ring (bicyclic) bond motifs is 2. The Morgan fingerprint density at radius 1 is 1.00 bits per heavy atom. The molecule has 1 aromatic heterocycles. The molecule has 0 bridgehead atoms. The van der Waals surface area contributed by atoms with Crippen LogP contribution in [0.25, 0.3) is 10.9 Å². The molecule has 2 aromatic carbocycles. The first-order chi connectivity index (χ1) is 14.6. The number of ether oxygens (including phenoxy) is 1. The van der Waals surface area contributed by atoms with Gasteiger partial charge in [0.25, 0.3) is 17.7 Å². The normalized spacial score (nSPS) is 13.2. The minimum absolute atomic E-state index is 0.271. The zero-order valence-electron chi connectivity index (χ0n) is 16.8. The Morgan fingerprint density at radius 3 is 2.63 bits per heavy atom. The number of aromatic nitrogens is 1. The SMILES string of the molecule is COCCCN1C(=O)c2ccc(C(=O)NCCn3ccc4ccccc43)cc2C1=O. The number of hydrogen-bond acceptors (Lipinski definition) is 4. The molecule has 0 unspecified atom stereocenters. The van der Waals surface area contributed by atoms with Crippen LogP contribution in [0.3, 0.4) is 0 Å². The van der Waals surface area contributed by atoms with E-state index in [0.717, 1.165) is 10.9 Å². The summed E-state index contributed by atoms with van der Waals surface area (Å²) in [7, 11) is 1.58. The lowest BCUT2D eigenvalue weighted by atomic mass is 10.1. The highest BCUT2D eigenvalue weighted by Gasteiger charge is 2.35. The van der Waals surface area contributed by atoms with Crippen LogP contribution in [-0.4, -0.2) is 54.0 Å². The summed E-state index contributed by atoms with van der Waals surface area (Å²) < 4.78 is 7.07. The van der Waals surface area contributed by atoms with E-state index in [4.69, 9.17) is 4.74 Å². The van der Waals surface area contributed by atoms with Gasteiger partial charge in [-0.05, 0) is 42.1 Å². The van der Waals surface area contributed by atoms with E-state index in [1.165, 1.54) is 11.0 Å². The van der Waals surface area contributed by atoms with Gasteiger partial charge in [-0.2, -0.15) is 0 Å². The summed E-state index contributed by atoms with van der Waals surface area (Å²) in [6.07, 6.45) is 2.57. The Kier molecular flexibility index (Phi) is 5.63. The highest BCUT2D eigenvalue weighted by atomic mass is 16.5. The number of carbonyl (C=O) groups is 3. The van der Waals surface area contributed by atoms with Crippen molar-refractivity contribution in [2.45, 2.75) is 13.0 Å². The average molecular weight is 405 g/mol. The number of rotatable bonds is 8. The van der Waals surface area contributed by atoms with Crippen LogP contribution in [0.15, 0.2) is 54.7 Å². The van der Waals surface area contributed by atoms with Gasteiger partial charge in [-0.3, -0.25) is 19.3 Å². The van der Waals surface area contributed by atoms with Crippen molar-refractivity contribution in [3.8, 4) is 0 Å². The molecule has 1 N–H and O–H groups in total. The third kappa shape index (κ3) is 3.71. The predicted molar refractivity (Wildman–Crippen MR) is 113 cm³/mol. The minimum Gasteiger partial charge on any atom is -0.385 e. The molecule has 1 aliphatic rings. The van der Waals surface area contributed by atoms with Crippen molar-refractivity contribution < 1.29 is 19.1 Å². The monoisotopic (exact) mass is 405 g/mol. The second-order valence-corrected chi connectivity index (χ2v) is 7.19. The van der Waals surface area contributed by atoms with E-state index in [1.807, 2.05) is 36.5 Å². The lowest BCUT2D eigenvalue weighted by molar-refractivity contribution is 0.0638. The van der Waals surface area contributed by atoms with Gasteiger partial charge < -0.3 is 14.6 Å². The Morgan fingerprint density at radius 2 is 1.80 bits per heavy atom. The molecule has 0 saturated heterocycles. The maximum absolute atomic E-state index is 12.6. The van der Waals surface area contributed by atoms with Gasteiger partial charge in [0.2, 0.25) is 0 Å². The summed E-state index contributed by atoms with van der Waals surface area (Å²) in [4.78, 5) is 38.8. The first-order valence-electron chi connectivity index (χ1n) is 9.91. The summed E-state index contributed by atoms with van der Waals surface area (Å²) in [5, 5.41) is 4.04. The molecule has 7 nitrogen and oxygen atoms in total. The summed E-state index contributed by atoms with van der Waals surface area (Å²) >= 11 is 0. The second kappa shape index (κ2) is 8.51. The van der Waals surface area contributed by atoms with Crippen LogP contribution < -0.4 is 5.32 Å². The van der Waals surface area contributed by atoms with E-state index in [9.17, 15) is 14.4 Å². The zero-order valence-corrected chi connectivity index (χ0v) is 16.8. The largest absolute Gasteiger partial charge is 0.385 e. The maximum atomic E-state index is 12.6. The molecule has 0 aliphatic carbocycles. The highest BCUT2D eigenvalue weighted by Crippen LogP contribution is 2.24. The van der Waals surface area contributed by atoms with Gasteiger partial charge in [0.1, 0.15) is 0 Å². The van der Waals surface area contributed by atoms with Crippen molar-refractivity contribution >= 4 is 28.6 Å². The molecule has 7 heteroatoms. The molecule has 1 aliphatic heterocycles. The van der Waals surface area contributed by atoms with Crippen LogP contribution in [0.4, 0.5) is 0 Å². The third-order valence-corrected chi connectivity index (χ3v) is 5.28. The van der Waals surface area contributed by atoms with Crippen LogP contribution in [0.1, 0.15) is 37.5 Å². The van der Waals surface area contributed by atoms with E-state index in [0.29, 0.717) is 43.8 Å². The van der Waals surface area contributed by atoms with Gasteiger partial charge in [0, 0.05) is 50.6 Å². The van der Waals surface area contributed by atoms with Gasteiger partial charge in [0.15, 0.2) is 0 Å². The van der Waals surface area contributed by atoms with Gasteiger partial charge in [-0.25, -0.2) is 0 Å². The molecule has 0 atom stereocenters. The van der Waals surface area contributed by atoms with E-state index in [-0.39, 0.29) is 23.3 Å². The van der Waals surface area contributed by atoms with Crippen molar-refractivity contribution in [3.05, 3.63) is 71.4 Å². The lowest BCUT2D eigenvalue weighted by Gasteiger charge is -2.12. The fourth-order valence-electron chi connectivity index (χ4n) is 3.73. The quantitative estimate of drug-likeness (QED) is 0.462. The summed E-state index contributed by atoms with van der Waals surface area (Å²) in [5.41, 5.74) is 2.10. The van der Waals surface area contributed by atoms with Gasteiger partial charge in [-0.15, -0.1) is 0 Å². The number of imide groups is 1. The van der Waals surface area contributed by atoms with Crippen LogP contribution in [0.5, 0.6) is 0 Å². The molecule has 3 aromatic rings. The van der Waals surface area contributed by atoms with Gasteiger partial charge >= 0.3 is 0 Å². The number of benzene rings is 2. The zero-order chi connectivity index (χ0) is 21.1. The number of nitrogens with zero attached hydrogens (tertiary/aromatic N) is 2. The fourth-order valence-corrected chi connectivity index (χ4v) is 3.73. The Balaban J connectivity index is 1.40. The van der Waals surface area contributed by atoms with Crippen molar-refractivity contribution in [3.63, 3.8) is 0 Å². The molecule has 3 amide bonds. The molecule has 154 valence electrons. The van der Waals surface area contributed by atoms with Crippen molar-refractivity contribution in [1.29, 1.82) is 0 Å². The third-order valence-electron chi connectivity index (χ3n) is 5.28. The number of amides is 3. The van der Waals surface area contributed by atoms with E-state index < -0.39 is 0 Å². The second-order valence-electron chi connectivity index (χ2n) is 7.19. The minimum atomic E-state index is -0.362. The number of para-hydroxylation sites is 1. The average Bonchev–Trinajstić information content (AvgIpc) is 3.28. The highest BCUT2D eigenvalue weighted by molar-refractivity contribution is 6.22. The Bertz CT molecular complexity index is 1120. The first-order valence-corrected chi connectivity index (χ1v) is 9.91. The Labute approximate surface area is 174 Å². The molecule has 30 heavy (non-hydrogen) atoms. The smallest absolute Gasteiger partial charge is 0.261 e. The molecular weight excluding hydrogens is 382 g/mol. The summed E-state index contributed by atoms with van der Waals surface area (Å²) in [6, 6.07) is 14.8. The molecule has 0 fully saturated rings. The first kappa shape index (κ1) is 19.8. The molecule has 4 rings (SSSR count). The Hall–Kier alpha value is -3.45. The van der Waals surface area contributed by atoms with E-state index in [2.05, 4.69) is 9.88 Å². The van der Waals surface area contributed by atoms with Crippen LogP contribution in [0.2, 0.25) is 0 Å². The lowest BCUT2D eigenvalue weighted by Crippen LogP contribution is -2.31. The van der Waals surface area contributed by atoms with Crippen molar-refractivity contribution in [2.24, 2.45) is 0 Å². The van der Waals surface area contributed by atoms with Crippen LogP contribution in [0, 0.1) is 0 Å². The maximum Gasteiger partial charge on any atom is 0.261 e.